The number of aryl methyl sites for hydroxylation is 2. The van der Waals surface area contributed by atoms with Gasteiger partial charge in [-0.05, 0) is 30.9 Å². The summed E-state index contributed by atoms with van der Waals surface area (Å²) >= 11 is 0. The number of para-hydroxylation sites is 1. The molecule has 2 heteroatoms. The number of hydrogen-bond acceptors (Lipinski definition) is 1. The second kappa shape index (κ2) is 17.3. The molecule has 2 nitrogen and oxygen atoms in total. The van der Waals surface area contributed by atoms with Gasteiger partial charge in [0.2, 0.25) is 0 Å². The molecule has 0 amide bonds. The summed E-state index contributed by atoms with van der Waals surface area (Å²) in [6.07, 6.45) is 27.2. The lowest BCUT2D eigenvalue weighted by atomic mass is 10.0. The summed E-state index contributed by atoms with van der Waals surface area (Å²) in [5.74, 6) is 1.19. The van der Waals surface area contributed by atoms with E-state index >= 15 is 0 Å². The van der Waals surface area contributed by atoms with E-state index in [4.69, 9.17) is 4.98 Å². The molecule has 0 aliphatic heterocycles. The predicted octanol–water partition coefficient (Wildman–Crippen LogP) is 9.71. The standard InChI is InChI=1S/C29H50N2/c1-3-5-7-9-11-13-15-17-19-22-26-23-21-24-27-29(26)31-28(30-27)25-20-18-16-14-12-10-8-6-4-2/h21,23-24H,3-20,22,25H2,1-2H3,(H,30,31). The molecule has 1 aromatic heterocycles. The van der Waals surface area contributed by atoms with Gasteiger partial charge in [-0.25, -0.2) is 4.98 Å². The summed E-state index contributed by atoms with van der Waals surface area (Å²) < 4.78 is 0. The van der Waals surface area contributed by atoms with Crippen LogP contribution >= 0.6 is 0 Å². The second-order valence-electron chi connectivity index (χ2n) is 9.65. The van der Waals surface area contributed by atoms with E-state index in [1.807, 2.05) is 0 Å². The maximum Gasteiger partial charge on any atom is 0.107 e. The first-order chi connectivity index (χ1) is 15.3. The molecule has 0 radical (unpaired) electrons. The molecule has 2 aromatic rings. The van der Waals surface area contributed by atoms with Crippen LogP contribution in [0, 0.1) is 0 Å². The summed E-state index contributed by atoms with van der Waals surface area (Å²) in [5.41, 5.74) is 3.90. The molecule has 0 unspecified atom stereocenters. The molecule has 1 aromatic carbocycles. The van der Waals surface area contributed by atoms with Gasteiger partial charge >= 0.3 is 0 Å². The van der Waals surface area contributed by atoms with Crippen LogP contribution in [0.15, 0.2) is 18.2 Å². The molecule has 0 spiro atoms. The molecule has 0 saturated carbocycles. The Morgan fingerprint density at radius 3 is 1.61 bits per heavy atom. The number of imidazole rings is 1. The molecule has 0 bridgehead atoms. The molecule has 176 valence electrons. The zero-order valence-corrected chi connectivity index (χ0v) is 20.8. The largest absolute Gasteiger partial charge is 0.342 e. The van der Waals surface area contributed by atoms with Gasteiger partial charge in [0.25, 0.3) is 0 Å². The highest BCUT2D eigenvalue weighted by molar-refractivity contribution is 5.78. The van der Waals surface area contributed by atoms with E-state index in [2.05, 4.69) is 37.0 Å². The Morgan fingerprint density at radius 1 is 0.581 bits per heavy atom. The highest BCUT2D eigenvalue weighted by atomic mass is 14.9. The van der Waals surface area contributed by atoms with Crippen LogP contribution in [-0.4, -0.2) is 9.97 Å². The molecule has 31 heavy (non-hydrogen) atoms. The van der Waals surface area contributed by atoms with E-state index in [9.17, 15) is 0 Å². The fourth-order valence-electron chi connectivity index (χ4n) is 4.69. The van der Waals surface area contributed by atoms with Crippen LogP contribution in [0.1, 0.15) is 141 Å². The third-order valence-corrected chi connectivity index (χ3v) is 6.71. The molecule has 2 rings (SSSR count). The van der Waals surface area contributed by atoms with Crippen LogP contribution in [0.3, 0.4) is 0 Å². The first-order valence-electron chi connectivity index (χ1n) is 13.8. The number of fused-ring (bicyclic) bond motifs is 1. The summed E-state index contributed by atoms with van der Waals surface area (Å²) in [6.45, 7) is 4.58. The minimum Gasteiger partial charge on any atom is -0.342 e. The molecule has 0 aliphatic carbocycles. The Kier molecular flexibility index (Phi) is 14.5. The van der Waals surface area contributed by atoms with Crippen molar-refractivity contribution >= 4 is 11.0 Å². The molecule has 1 heterocycles. The Bertz CT molecular complexity index is 672. The van der Waals surface area contributed by atoms with Gasteiger partial charge in [-0.1, -0.05) is 129 Å². The van der Waals surface area contributed by atoms with Crippen LogP contribution in [0.2, 0.25) is 0 Å². The minimum absolute atomic E-state index is 1.10. The van der Waals surface area contributed by atoms with Gasteiger partial charge in [-0.15, -0.1) is 0 Å². The summed E-state index contributed by atoms with van der Waals surface area (Å²) in [6, 6.07) is 6.68. The number of H-pyrrole nitrogens is 1. The fourth-order valence-corrected chi connectivity index (χ4v) is 4.69. The Labute approximate surface area is 193 Å². The lowest BCUT2D eigenvalue weighted by Gasteiger charge is -2.03. The van der Waals surface area contributed by atoms with Crippen molar-refractivity contribution < 1.29 is 0 Å². The van der Waals surface area contributed by atoms with E-state index in [-0.39, 0.29) is 0 Å². The molecule has 0 atom stereocenters. The molecule has 0 fully saturated rings. The molecule has 0 aliphatic rings. The third kappa shape index (κ3) is 11.2. The quantitative estimate of drug-likeness (QED) is 0.210. The number of unbranched alkanes of at least 4 members (excludes halogenated alkanes) is 16. The lowest BCUT2D eigenvalue weighted by molar-refractivity contribution is 0.562. The van der Waals surface area contributed by atoms with Gasteiger partial charge in [0.05, 0.1) is 11.0 Å². The summed E-state index contributed by atoms with van der Waals surface area (Å²) in [7, 11) is 0. The number of aromatic amines is 1. The van der Waals surface area contributed by atoms with Crippen LogP contribution in [0.25, 0.3) is 11.0 Å². The number of nitrogens with one attached hydrogen (secondary N) is 1. The fraction of sp³-hybridized carbons (Fsp3) is 0.759. The van der Waals surface area contributed by atoms with Gasteiger partial charge in [0, 0.05) is 6.42 Å². The normalized spacial score (nSPS) is 11.5. The van der Waals surface area contributed by atoms with Gasteiger partial charge in [-0.2, -0.15) is 0 Å². The van der Waals surface area contributed by atoms with Crippen LogP contribution in [0.4, 0.5) is 0 Å². The Hall–Kier alpha value is -1.31. The van der Waals surface area contributed by atoms with Gasteiger partial charge in [-0.3, -0.25) is 0 Å². The Morgan fingerprint density at radius 2 is 1.06 bits per heavy atom. The van der Waals surface area contributed by atoms with Crippen LogP contribution in [0.5, 0.6) is 0 Å². The van der Waals surface area contributed by atoms with Crippen molar-refractivity contribution in [1.82, 2.24) is 9.97 Å². The van der Waals surface area contributed by atoms with Crippen molar-refractivity contribution in [2.24, 2.45) is 0 Å². The average Bonchev–Trinajstić information content (AvgIpc) is 3.20. The van der Waals surface area contributed by atoms with Crippen molar-refractivity contribution in [2.75, 3.05) is 0 Å². The Balaban J connectivity index is 1.61. The van der Waals surface area contributed by atoms with Crippen molar-refractivity contribution in [3.05, 3.63) is 29.6 Å². The van der Waals surface area contributed by atoms with E-state index in [0.29, 0.717) is 0 Å². The van der Waals surface area contributed by atoms with E-state index in [0.717, 1.165) is 6.42 Å². The van der Waals surface area contributed by atoms with Gasteiger partial charge < -0.3 is 4.98 Å². The number of benzene rings is 1. The van der Waals surface area contributed by atoms with Gasteiger partial charge in [0.1, 0.15) is 5.82 Å². The van der Waals surface area contributed by atoms with Gasteiger partial charge in [0.15, 0.2) is 0 Å². The topological polar surface area (TPSA) is 28.7 Å². The van der Waals surface area contributed by atoms with Crippen molar-refractivity contribution in [3.63, 3.8) is 0 Å². The minimum atomic E-state index is 1.10. The van der Waals surface area contributed by atoms with Crippen molar-refractivity contribution in [2.45, 2.75) is 142 Å². The zero-order chi connectivity index (χ0) is 22.0. The maximum absolute atomic E-state index is 4.98. The number of rotatable bonds is 20. The molecular formula is C29H50N2. The third-order valence-electron chi connectivity index (χ3n) is 6.71. The first-order valence-corrected chi connectivity index (χ1v) is 13.8. The molecular weight excluding hydrogens is 376 g/mol. The van der Waals surface area contributed by atoms with E-state index in [1.54, 1.807) is 0 Å². The van der Waals surface area contributed by atoms with Crippen LogP contribution < -0.4 is 0 Å². The maximum atomic E-state index is 4.98. The monoisotopic (exact) mass is 426 g/mol. The predicted molar refractivity (Wildman–Crippen MR) is 138 cm³/mol. The smallest absolute Gasteiger partial charge is 0.107 e. The average molecular weight is 427 g/mol. The molecule has 0 saturated heterocycles. The SMILES string of the molecule is CCCCCCCCCCCc1nc2c(CCCCCCCCCCC)cccc2[nH]1. The van der Waals surface area contributed by atoms with E-state index in [1.165, 1.54) is 144 Å². The van der Waals surface area contributed by atoms with E-state index < -0.39 is 0 Å². The van der Waals surface area contributed by atoms with Crippen LogP contribution in [-0.2, 0) is 12.8 Å². The van der Waals surface area contributed by atoms with Crippen molar-refractivity contribution in [3.8, 4) is 0 Å². The summed E-state index contributed by atoms with van der Waals surface area (Å²) in [5, 5.41) is 0. The summed E-state index contributed by atoms with van der Waals surface area (Å²) in [4.78, 5) is 8.57. The number of aromatic nitrogens is 2. The first kappa shape index (κ1) is 25.9. The highest BCUT2D eigenvalue weighted by Crippen LogP contribution is 2.20. The second-order valence-corrected chi connectivity index (χ2v) is 9.65. The lowest BCUT2D eigenvalue weighted by Crippen LogP contribution is -1.90. The number of nitrogens with zero attached hydrogens (tertiary/aromatic N) is 1. The zero-order valence-electron chi connectivity index (χ0n) is 20.8. The van der Waals surface area contributed by atoms with Crippen molar-refractivity contribution in [1.29, 1.82) is 0 Å². The highest BCUT2D eigenvalue weighted by Gasteiger charge is 2.07. The molecule has 1 N–H and O–H groups in total. The number of hydrogen-bond donors (Lipinski definition) is 1.